The Kier molecular flexibility index (Phi) is 2.69. The van der Waals surface area contributed by atoms with Gasteiger partial charge in [-0.2, -0.15) is 0 Å². The fourth-order valence-corrected chi connectivity index (χ4v) is 1.07. The van der Waals surface area contributed by atoms with Crippen LogP contribution in [0.25, 0.3) is 0 Å². The predicted molar refractivity (Wildman–Crippen MR) is 50.3 cm³/mol. The van der Waals surface area contributed by atoms with E-state index in [4.69, 9.17) is 10.1 Å². The molecule has 1 aliphatic carbocycles. The van der Waals surface area contributed by atoms with Crippen molar-refractivity contribution in [2.24, 2.45) is 5.92 Å². The molecule has 12 heavy (non-hydrogen) atoms. The molecule has 0 aromatic carbocycles. The fraction of sp³-hybridized carbons (Fsp3) is 0.500. The average molecular weight is 165 g/mol. The van der Waals surface area contributed by atoms with Crippen LogP contribution in [-0.4, -0.2) is 11.8 Å². The van der Waals surface area contributed by atoms with Crippen molar-refractivity contribution in [1.82, 2.24) is 0 Å². The van der Waals surface area contributed by atoms with E-state index in [-0.39, 0.29) is 12.0 Å². The minimum Gasteiger partial charge on any atom is -0.491 e. The largest absolute Gasteiger partial charge is 0.491 e. The summed E-state index contributed by atoms with van der Waals surface area (Å²) in [6, 6.07) is 0. The van der Waals surface area contributed by atoms with Gasteiger partial charge < -0.3 is 10.1 Å². The van der Waals surface area contributed by atoms with Crippen LogP contribution in [-0.2, 0) is 4.74 Å². The van der Waals surface area contributed by atoms with Crippen LogP contribution in [0.3, 0.4) is 0 Å². The molecule has 2 heteroatoms. The Balaban J connectivity index is 2.63. The Bertz CT molecular complexity index is 238. The molecule has 0 aromatic heterocycles. The van der Waals surface area contributed by atoms with Crippen molar-refractivity contribution in [3.8, 4) is 0 Å². The first kappa shape index (κ1) is 9.04. The van der Waals surface area contributed by atoms with Gasteiger partial charge in [0.15, 0.2) is 0 Å². The van der Waals surface area contributed by atoms with Crippen LogP contribution >= 0.6 is 0 Å². The number of rotatable bonds is 2. The molecule has 1 unspecified atom stereocenters. The Hall–Kier alpha value is -1.05. The SMILES string of the molecule is CC(C)OC1=CC(C)C(=N)C=C1. The lowest BCUT2D eigenvalue weighted by Gasteiger charge is -2.16. The van der Waals surface area contributed by atoms with Gasteiger partial charge in [-0.15, -0.1) is 0 Å². The number of allylic oxidation sites excluding steroid dienone is 3. The van der Waals surface area contributed by atoms with E-state index in [1.165, 1.54) is 0 Å². The van der Waals surface area contributed by atoms with Gasteiger partial charge in [0.05, 0.1) is 6.10 Å². The minimum absolute atomic E-state index is 0.184. The molecule has 0 spiro atoms. The van der Waals surface area contributed by atoms with Gasteiger partial charge in [0, 0.05) is 11.6 Å². The Morgan fingerprint density at radius 3 is 2.58 bits per heavy atom. The van der Waals surface area contributed by atoms with Crippen LogP contribution in [0, 0.1) is 11.3 Å². The van der Waals surface area contributed by atoms with Crippen LogP contribution < -0.4 is 0 Å². The molecular formula is C10H15NO. The van der Waals surface area contributed by atoms with Crippen molar-refractivity contribution < 1.29 is 4.74 Å². The maximum Gasteiger partial charge on any atom is 0.116 e. The van der Waals surface area contributed by atoms with E-state index in [2.05, 4.69) is 0 Å². The number of hydrogen-bond acceptors (Lipinski definition) is 2. The zero-order valence-corrected chi connectivity index (χ0v) is 7.79. The van der Waals surface area contributed by atoms with Crippen LogP contribution in [0.4, 0.5) is 0 Å². The third-order valence-corrected chi connectivity index (χ3v) is 1.70. The van der Waals surface area contributed by atoms with Crippen molar-refractivity contribution >= 4 is 5.71 Å². The second-order valence-electron chi connectivity index (χ2n) is 3.31. The first-order valence-electron chi connectivity index (χ1n) is 4.24. The Morgan fingerprint density at radius 2 is 2.08 bits per heavy atom. The lowest BCUT2D eigenvalue weighted by Crippen LogP contribution is -2.11. The minimum atomic E-state index is 0.184. The molecule has 66 valence electrons. The highest BCUT2D eigenvalue weighted by molar-refractivity contribution is 5.96. The van der Waals surface area contributed by atoms with E-state index in [1.807, 2.05) is 32.9 Å². The van der Waals surface area contributed by atoms with E-state index in [9.17, 15) is 0 Å². The van der Waals surface area contributed by atoms with Crippen LogP contribution in [0.5, 0.6) is 0 Å². The van der Waals surface area contributed by atoms with Crippen LogP contribution in [0.2, 0.25) is 0 Å². The summed E-state index contributed by atoms with van der Waals surface area (Å²) >= 11 is 0. The smallest absolute Gasteiger partial charge is 0.116 e. The molecule has 2 nitrogen and oxygen atoms in total. The molecule has 1 N–H and O–H groups in total. The lowest BCUT2D eigenvalue weighted by molar-refractivity contribution is 0.156. The van der Waals surface area contributed by atoms with Gasteiger partial charge >= 0.3 is 0 Å². The summed E-state index contributed by atoms with van der Waals surface area (Å²) in [6.45, 7) is 5.99. The summed E-state index contributed by atoms with van der Waals surface area (Å²) in [7, 11) is 0. The summed E-state index contributed by atoms with van der Waals surface area (Å²) in [5.74, 6) is 1.07. The normalized spacial score (nSPS) is 22.8. The maximum atomic E-state index is 7.48. The van der Waals surface area contributed by atoms with Gasteiger partial charge in [0.25, 0.3) is 0 Å². The molecule has 0 bridgehead atoms. The molecule has 0 aliphatic heterocycles. The zero-order chi connectivity index (χ0) is 9.14. The first-order chi connectivity index (χ1) is 5.59. The molecule has 0 amide bonds. The summed E-state index contributed by atoms with van der Waals surface area (Å²) in [5.41, 5.74) is 0.645. The van der Waals surface area contributed by atoms with E-state index in [0.29, 0.717) is 5.71 Å². The van der Waals surface area contributed by atoms with Crippen molar-refractivity contribution in [1.29, 1.82) is 5.41 Å². The van der Waals surface area contributed by atoms with Gasteiger partial charge in [-0.3, -0.25) is 0 Å². The first-order valence-corrected chi connectivity index (χ1v) is 4.24. The number of nitrogens with one attached hydrogen (secondary N) is 1. The molecular weight excluding hydrogens is 150 g/mol. The molecule has 0 saturated heterocycles. The quantitative estimate of drug-likeness (QED) is 0.670. The van der Waals surface area contributed by atoms with Gasteiger partial charge in [-0.25, -0.2) is 0 Å². The van der Waals surface area contributed by atoms with E-state index in [1.54, 1.807) is 6.08 Å². The standard InChI is InChI=1S/C10H15NO/c1-7(2)12-9-4-5-10(11)8(3)6-9/h4-8,11H,1-3H3. The summed E-state index contributed by atoms with van der Waals surface area (Å²) in [6.07, 6.45) is 5.83. The highest BCUT2D eigenvalue weighted by Crippen LogP contribution is 2.15. The van der Waals surface area contributed by atoms with Gasteiger partial charge in [-0.05, 0) is 32.1 Å². The van der Waals surface area contributed by atoms with E-state index < -0.39 is 0 Å². The number of ether oxygens (including phenoxy) is 1. The molecule has 0 saturated carbocycles. The van der Waals surface area contributed by atoms with Crippen molar-refractivity contribution in [2.45, 2.75) is 26.9 Å². The Labute approximate surface area is 73.4 Å². The fourth-order valence-electron chi connectivity index (χ4n) is 1.07. The molecule has 1 atom stereocenters. The lowest BCUT2D eigenvalue weighted by atomic mass is 10.0. The molecule has 0 aromatic rings. The van der Waals surface area contributed by atoms with Crippen molar-refractivity contribution in [3.05, 3.63) is 24.0 Å². The summed E-state index contributed by atoms with van der Waals surface area (Å²) < 4.78 is 5.49. The summed E-state index contributed by atoms with van der Waals surface area (Å²) in [5, 5.41) is 7.48. The van der Waals surface area contributed by atoms with Crippen LogP contribution in [0.1, 0.15) is 20.8 Å². The number of hydrogen-bond donors (Lipinski definition) is 1. The van der Waals surface area contributed by atoms with Crippen molar-refractivity contribution in [3.63, 3.8) is 0 Å². The van der Waals surface area contributed by atoms with Crippen LogP contribution in [0.15, 0.2) is 24.0 Å². The molecule has 1 rings (SSSR count). The molecule has 0 radical (unpaired) electrons. The maximum absolute atomic E-state index is 7.48. The second-order valence-corrected chi connectivity index (χ2v) is 3.31. The van der Waals surface area contributed by atoms with Gasteiger partial charge in [0.1, 0.15) is 5.76 Å². The van der Waals surface area contributed by atoms with Gasteiger partial charge in [0.2, 0.25) is 0 Å². The zero-order valence-electron chi connectivity index (χ0n) is 7.79. The third-order valence-electron chi connectivity index (χ3n) is 1.70. The highest BCUT2D eigenvalue weighted by atomic mass is 16.5. The van der Waals surface area contributed by atoms with Crippen molar-refractivity contribution in [2.75, 3.05) is 0 Å². The van der Waals surface area contributed by atoms with E-state index >= 15 is 0 Å². The summed E-state index contributed by atoms with van der Waals surface area (Å²) in [4.78, 5) is 0. The third kappa shape index (κ3) is 2.22. The highest BCUT2D eigenvalue weighted by Gasteiger charge is 2.10. The topological polar surface area (TPSA) is 33.1 Å². The van der Waals surface area contributed by atoms with E-state index in [0.717, 1.165) is 5.76 Å². The molecule has 0 fully saturated rings. The molecule has 0 heterocycles. The molecule has 1 aliphatic rings. The average Bonchev–Trinajstić information content (AvgIpc) is 1.96. The monoisotopic (exact) mass is 165 g/mol. The predicted octanol–water partition coefficient (Wildman–Crippen LogP) is 2.52. The Morgan fingerprint density at radius 1 is 1.42 bits per heavy atom. The van der Waals surface area contributed by atoms with Gasteiger partial charge in [-0.1, -0.05) is 6.92 Å². The second kappa shape index (κ2) is 3.57.